The molecule has 0 radical (unpaired) electrons. The predicted octanol–water partition coefficient (Wildman–Crippen LogP) is -1.05. The lowest BCUT2D eigenvalue weighted by atomic mass is 10.2. The summed E-state index contributed by atoms with van der Waals surface area (Å²) in [4.78, 5) is 10.2. The van der Waals surface area contributed by atoms with Gasteiger partial charge in [-0.05, 0) is 12.1 Å². The summed E-state index contributed by atoms with van der Waals surface area (Å²) in [6.07, 6.45) is 0. The molecule has 66 valence electrons. The molecule has 0 bridgehead atoms. The molecule has 0 aromatic heterocycles. The lowest BCUT2D eigenvalue weighted by Crippen LogP contribution is -1.93. The third-order valence-corrected chi connectivity index (χ3v) is 1.02. The van der Waals surface area contributed by atoms with Crippen LogP contribution in [0.1, 0.15) is 10.4 Å². The van der Waals surface area contributed by atoms with Crippen LogP contribution in [0.5, 0.6) is 0 Å². The number of carboxylic acids is 1. The van der Waals surface area contributed by atoms with Gasteiger partial charge in [-0.25, -0.2) is 4.79 Å². The van der Waals surface area contributed by atoms with Crippen molar-refractivity contribution in [1.82, 2.24) is 0 Å². The summed E-state index contributed by atoms with van der Waals surface area (Å²) < 4.78 is 4.53. The zero-order chi connectivity index (χ0) is 9.40. The Kier molecular flexibility index (Phi) is 6.26. The quantitative estimate of drug-likeness (QED) is 0.588. The fourth-order valence-electron chi connectivity index (χ4n) is 0.581. The standard InChI is InChI=1S/C7H6O2.H6OSi2/c8-7(9)6-4-2-1-3-5-6;2-1-3/h1-5H,(H,8,9);2-3H3. The van der Waals surface area contributed by atoms with Gasteiger partial charge in [0, 0.05) is 0 Å². The highest BCUT2D eigenvalue weighted by molar-refractivity contribution is 6.15. The van der Waals surface area contributed by atoms with Crippen molar-refractivity contribution in [3.8, 4) is 0 Å². The van der Waals surface area contributed by atoms with E-state index in [0.29, 0.717) is 5.56 Å². The van der Waals surface area contributed by atoms with Crippen molar-refractivity contribution >= 4 is 26.9 Å². The molecule has 5 heteroatoms. The Labute approximate surface area is 77.5 Å². The van der Waals surface area contributed by atoms with Crippen LogP contribution in [-0.2, 0) is 4.12 Å². The first-order valence-corrected chi connectivity index (χ1v) is 5.04. The molecule has 0 saturated heterocycles. The van der Waals surface area contributed by atoms with E-state index in [0.717, 1.165) is 21.0 Å². The maximum atomic E-state index is 10.2. The van der Waals surface area contributed by atoms with E-state index in [1.165, 1.54) is 0 Å². The summed E-state index contributed by atoms with van der Waals surface area (Å²) in [7, 11) is 1.86. The first-order chi connectivity index (χ1) is 5.72. The molecule has 0 saturated carbocycles. The molecule has 0 amide bonds. The molecule has 0 fully saturated rings. The van der Waals surface area contributed by atoms with E-state index in [2.05, 4.69) is 4.12 Å². The summed E-state index contributed by atoms with van der Waals surface area (Å²) in [5, 5.41) is 8.38. The highest BCUT2D eigenvalue weighted by Crippen LogP contribution is 1.96. The van der Waals surface area contributed by atoms with Crippen molar-refractivity contribution in [3.05, 3.63) is 35.9 Å². The molecule has 1 rings (SSSR count). The van der Waals surface area contributed by atoms with E-state index in [9.17, 15) is 4.79 Å². The molecule has 0 aliphatic heterocycles. The van der Waals surface area contributed by atoms with Gasteiger partial charge >= 0.3 is 5.97 Å². The van der Waals surface area contributed by atoms with Gasteiger partial charge in [-0.1, -0.05) is 18.2 Å². The Bertz CT molecular complexity index is 225. The van der Waals surface area contributed by atoms with Crippen molar-refractivity contribution in [2.45, 2.75) is 0 Å². The fraction of sp³-hybridized carbons (Fsp3) is 0. The zero-order valence-corrected chi connectivity index (χ0v) is 11.2. The summed E-state index contributed by atoms with van der Waals surface area (Å²) >= 11 is 0. The number of hydrogen-bond donors (Lipinski definition) is 1. The Morgan fingerprint density at radius 2 is 1.67 bits per heavy atom. The van der Waals surface area contributed by atoms with Crippen LogP contribution in [0.15, 0.2) is 30.3 Å². The van der Waals surface area contributed by atoms with Crippen LogP contribution >= 0.6 is 0 Å². The van der Waals surface area contributed by atoms with Gasteiger partial charge < -0.3 is 9.22 Å². The van der Waals surface area contributed by atoms with Crippen LogP contribution in [0.2, 0.25) is 0 Å². The third-order valence-electron chi connectivity index (χ3n) is 1.02. The Hall–Kier alpha value is -0.916. The summed E-state index contributed by atoms with van der Waals surface area (Å²) in [5.74, 6) is -0.879. The Balaban J connectivity index is 0.000000354. The van der Waals surface area contributed by atoms with Crippen molar-refractivity contribution < 1.29 is 14.0 Å². The molecule has 1 aromatic rings. The van der Waals surface area contributed by atoms with E-state index in [1.807, 2.05) is 0 Å². The second kappa shape index (κ2) is 6.77. The van der Waals surface area contributed by atoms with Crippen LogP contribution < -0.4 is 0 Å². The molecule has 0 aliphatic carbocycles. The minimum Gasteiger partial charge on any atom is -0.478 e. The maximum Gasteiger partial charge on any atom is 0.335 e. The number of carbonyl (C=O) groups is 1. The van der Waals surface area contributed by atoms with Gasteiger partial charge in [0.15, 0.2) is 0 Å². The average Bonchev–Trinajstić information content (AvgIpc) is 2.07. The van der Waals surface area contributed by atoms with Gasteiger partial charge in [-0.15, -0.1) is 0 Å². The number of carboxylic acid groups (broad SMARTS) is 1. The average molecular weight is 200 g/mol. The van der Waals surface area contributed by atoms with Crippen molar-refractivity contribution in [2.24, 2.45) is 0 Å². The molecule has 0 aliphatic rings. The molecule has 1 N–H and O–H groups in total. The maximum absolute atomic E-state index is 10.2. The van der Waals surface area contributed by atoms with Crippen LogP contribution in [0.3, 0.4) is 0 Å². The largest absolute Gasteiger partial charge is 0.478 e. The fourth-order valence-corrected chi connectivity index (χ4v) is 0.581. The zero-order valence-electron chi connectivity index (χ0n) is 7.15. The van der Waals surface area contributed by atoms with Crippen LogP contribution in [0.4, 0.5) is 0 Å². The van der Waals surface area contributed by atoms with E-state index in [1.54, 1.807) is 30.3 Å². The molecule has 0 atom stereocenters. The number of rotatable bonds is 1. The second-order valence-electron chi connectivity index (χ2n) is 2.08. The molecule has 0 spiro atoms. The van der Waals surface area contributed by atoms with E-state index >= 15 is 0 Å². The van der Waals surface area contributed by atoms with Crippen LogP contribution in [0, 0.1) is 0 Å². The van der Waals surface area contributed by atoms with E-state index in [4.69, 9.17) is 5.11 Å². The van der Waals surface area contributed by atoms with Gasteiger partial charge in [0.2, 0.25) is 0 Å². The van der Waals surface area contributed by atoms with Crippen molar-refractivity contribution in [2.75, 3.05) is 0 Å². The van der Waals surface area contributed by atoms with Gasteiger partial charge in [-0.2, -0.15) is 0 Å². The monoisotopic (exact) mass is 200 g/mol. The minimum atomic E-state index is -0.879. The van der Waals surface area contributed by atoms with E-state index in [-0.39, 0.29) is 0 Å². The molecule has 3 nitrogen and oxygen atoms in total. The second-order valence-corrected chi connectivity index (χ2v) is 5.35. The molecule has 12 heavy (non-hydrogen) atoms. The lowest BCUT2D eigenvalue weighted by Gasteiger charge is -1.88. The third kappa shape index (κ3) is 4.83. The summed E-state index contributed by atoms with van der Waals surface area (Å²) in [5.41, 5.74) is 0.331. The smallest absolute Gasteiger partial charge is 0.335 e. The Morgan fingerprint density at radius 1 is 1.25 bits per heavy atom. The SMILES string of the molecule is O=C(O)c1ccccc1.[SiH3]O[SiH3]. The van der Waals surface area contributed by atoms with Crippen molar-refractivity contribution in [1.29, 1.82) is 0 Å². The van der Waals surface area contributed by atoms with Gasteiger partial charge in [0.05, 0.1) is 5.56 Å². The Morgan fingerprint density at radius 3 is 1.92 bits per heavy atom. The summed E-state index contributed by atoms with van der Waals surface area (Å²) in [6, 6.07) is 8.30. The van der Waals surface area contributed by atoms with Crippen molar-refractivity contribution in [3.63, 3.8) is 0 Å². The van der Waals surface area contributed by atoms with Gasteiger partial charge in [0.25, 0.3) is 0 Å². The van der Waals surface area contributed by atoms with Crippen LogP contribution in [0.25, 0.3) is 0 Å². The molecule has 0 heterocycles. The molecular formula is C7H12O3Si2. The number of hydrogen-bond acceptors (Lipinski definition) is 2. The van der Waals surface area contributed by atoms with Gasteiger partial charge in [-0.3, -0.25) is 0 Å². The van der Waals surface area contributed by atoms with Gasteiger partial charge in [0.1, 0.15) is 21.0 Å². The topological polar surface area (TPSA) is 46.5 Å². The first kappa shape index (κ1) is 11.1. The highest BCUT2D eigenvalue weighted by Gasteiger charge is 1.96. The highest BCUT2D eigenvalue weighted by atomic mass is 28.3. The van der Waals surface area contributed by atoms with E-state index < -0.39 is 5.97 Å². The minimum absolute atomic E-state index is 0.331. The normalized spacial score (nSPS) is 8.67. The lowest BCUT2D eigenvalue weighted by molar-refractivity contribution is 0.0697. The number of aromatic carboxylic acids is 1. The molecular weight excluding hydrogens is 188 g/mol. The molecule has 0 unspecified atom stereocenters. The molecule has 1 aromatic carbocycles. The number of benzene rings is 1. The summed E-state index contributed by atoms with van der Waals surface area (Å²) in [6.45, 7) is 0. The van der Waals surface area contributed by atoms with Crippen LogP contribution in [-0.4, -0.2) is 32.0 Å². The first-order valence-electron chi connectivity index (χ1n) is 3.40. The predicted molar refractivity (Wildman–Crippen MR) is 54.4 cm³/mol.